The summed E-state index contributed by atoms with van der Waals surface area (Å²) in [6, 6.07) is 0. The lowest BCUT2D eigenvalue weighted by atomic mass is 10.0. The molecule has 0 fully saturated rings. The molecule has 0 aromatic rings. The Morgan fingerprint density at radius 3 is 0.641 bits per heavy atom. The van der Waals surface area contributed by atoms with E-state index >= 15 is 0 Å². The maximum absolute atomic E-state index is 13.1. The van der Waals surface area contributed by atoms with Crippen LogP contribution in [0.2, 0.25) is 0 Å². The molecule has 0 saturated heterocycles. The van der Waals surface area contributed by atoms with Gasteiger partial charge in [0, 0.05) is 25.7 Å². The molecule has 0 amide bonds. The van der Waals surface area contributed by atoms with Gasteiger partial charge >= 0.3 is 39.5 Å². The monoisotopic (exact) mass is 1350 g/mol. The van der Waals surface area contributed by atoms with Gasteiger partial charge < -0.3 is 33.8 Å². The number of hydrogen-bond acceptors (Lipinski definition) is 15. The van der Waals surface area contributed by atoms with Crippen LogP contribution in [0.25, 0.3) is 0 Å². The minimum Gasteiger partial charge on any atom is -0.462 e. The SMILES string of the molecule is CCCCCCCCCCCCCCCCCCCCCCCCC(=O)O[C@H](COC(=O)CCCCCCCCCCCCCCCCCCCC)COP(=O)(O)OC[C@@H](O)COP(=O)(O)OC[C@@H](COC(=O)CCCCCCC)OC(=O)CCCCCCCCC. The van der Waals surface area contributed by atoms with Gasteiger partial charge in [0.1, 0.15) is 19.3 Å². The Bertz CT molecular complexity index is 1760. The first kappa shape index (κ1) is 90.1. The zero-order valence-electron chi connectivity index (χ0n) is 59.5. The minimum atomic E-state index is -4.95. The fraction of sp³-hybridized carbons (Fsp3) is 0.945. The van der Waals surface area contributed by atoms with Crippen LogP contribution in [0.5, 0.6) is 0 Å². The molecule has 0 aromatic carbocycles. The van der Waals surface area contributed by atoms with Gasteiger partial charge in [-0.3, -0.25) is 37.3 Å². The highest BCUT2D eigenvalue weighted by Crippen LogP contribution is 2.45. The molecule has 92 heavy (non-hydrogen) atoms. The molecule has 0 radical (unpaired) electrons. The number of aliphatic hydroxyl groups is 1. The van der Waals surface area contributed by atoms with Crippen LogP contribution in [0.3, 0.4) is 0 Å². The molecule has 0 aliphatic rings. The van der Waals surface area contributed by atoms with Crippen LogP contribution in [0.4, 0.5) is 0 Å². The lowest BCUT2D eigenvalue weighted by Crippen LogP contribution is -2.30. The summed E-state index contributed by atoms with van der Waals surface area (Å²) in [6.45, 7) is 4.82. The minimum absolute atomic E-state index is 0.103. The molecule has 17 nitrogen and oxygen atoms in total. The van der Waals surface area contributed by atoms with Crippen LogP contribution < -0.4 is 0 Å². The quantitative estimate of drug-likeness (QED) is 0.0222. The number of hydrogen-bond donors (Lipinski definition) is 3. The second-order valence-corrected chi connectivity index (χ2v) is 29.2. The van der Waals surface area contributed by atoms with Crippen molar-refractivity contribution in [3.8, 4) is 0 Å². The van der Waals surface area contributed by atoms with E-state index in [1.54, 1.807) is 0 Å². The first-order valence-corrected chi connectivity index (χ1v) is 41.3. The van der Waals surface area contributed by atoms with Crippen molar-refractivity contribution in [2.45, 2.75) is 406 Å². The standard InChI is InChI=1S/C73H142O17P2/c1-5-9-13-17-20-22-24-26-28-30-32-33-34-35-37-39-41-43-45-48-52-56-60-73(78)90-69(64-84-71(76)58-54-50-47-44-42-40-38-36-31-29-27-25-23-21-18-14-10-6-2)66-88-92(81,82)86-62-67(74)61-85-91(79,80)87-65-68(63-83-70(75)57-53-49-16-12-8-4)89-72(77)59-55-51-46-19-15-11-7-3/h67-69,74H,5-66H2,1-4H3,(H,79,80)(H,81,82)/t67-,68+,69+/m0/s1. The fourth-order valence-corrected chi connectivity index (χ4v) is 12.8. The maximum atomic E-state index is 13.1. The number of phosphoric acid groups is 2. The van der Waals surface area contributed by atoms with Gasteiger partial charge in [-0.15, -0.1) is 0 Å². The fourth-order valence-electron chi connectivity index (χ4n) is 11.2. The number of rotatable bonds is 74. The zero-order chi connectivity index (χ0) is 67.5. The molecule has 2 unspecified atom stereocenters. The van der Waals surface area contributed by atoms with E-state index in [1.165, 1.54) is 199 Å². The summed E-state index contributed by atoms with van der Waals surface area (Å²) < 4.78 is 68.0. The van der Waals surface area contributed by atoms with Gasteiger partial charge in [-0.05, 0) is 25.7 Å². The number of ether oxygens (including phenoxy) is 4. The van der Waals surface area contributed by atoms with Crippen molar-refractivity contribution in [2.24, 2.45) is 0 Å². The normalized spacial score (nSPS) is 13.9. The lowest BCUT2D eigenvalue weighted by molar-refractivity contribution is -0.161. The van der Waals surface area contributed by atoms with Crippen LogP contribution in [0.1, 0.15) is 387 Å². The van der Waals surface area contributed by atoms with Crippen molar-refractivity contribution in [1.29, 1.82) is 0 Å². The van der Waals surface area contributed by atoms with E-state index < -0.39 is 97.5 Å². The average Bonchev–Trinajstić information content (AvgIpc) is 1.64. The molecule has 0 spiro atoms. The van der Waals surface area contributed by atoms with E-state index in [0.29, 0.717) is 25.7 Å². The molecule has 0 bridgehead atoms. The average molecular weight is 1350 g/mol. The van der Waals surface area contributed by atoms with Gasteiger partial charge in [-0.1, -0.05) is 336 Å². The van der Waals surface area contributed by atoms with E-state index in [4.69, 9.17) is 37.0 Å². The van der Waals surface area contributed by atoms with Crippen LogP contribution in [0, 0.1) is 0 Å². The summed E-state index contributed by atoms with van der Waals surface area (Å²) in [5, 5.41) is 10.5. The van der Waals surface area contributed by atoms with Gasteiger partial charge in [-0.2, -0.15) is 0 Å². The van der Waals surface area contributed by atoms with E-state index in [2.05, 4.69) is 27.7 Å². The Morgan fingerprint density at radius 1 is 0.261 bits per heavy atom. The highest BCUT2D eigenvalue weighted by molar-refractivity contribution is 7.47. The molecule has 0 saturated carbocycles. The van der Waals surface area contributed by atoms with E-state index in [-0.39, 0.29) is 25.7 Å². The van der Waals surface area contributed by atoms with Crippen LogP contribution in [0.15, 0.2) is 0 Å². The topological polar surface area (TPSA) is 237 Å². The number of carbonyl (C=O) groups is 4. The molecule has 3 N–H and O–H groups in total. The first-order valence-electron chi connectivity index (χ1n) is 38.3. The third kappa shape index (κ3) is 66.7. The van der Waals surface area contributed by atoms with E-state index in [0.717, 1.165) is 109 Å². The number of unbranched alkanes of at least 4 members (excludes halogenated alkanes) is 48. The van der Waals surface area contributed by atoms with Gasteiger partial charge in [0.05, 0.1) is 26.4 Å². The van der Waals surface area contributed by atoms with Crippen LogP contribution in [-0.4, -0.2) is 96.7 Å². The molecule has 0 heterocycles. The van der Waals surface area contributed by atoms with E-state index in [9.17, 15) is 43.2 Å². The Labute approximate surface area is 562 Å². The Hall–Kier alpha value is -1.94. The summed E-state index contributed by atoms with van der Waals surface area (Å²) in [4.78, 5) is 72.2. The summed E-state index contributed by atoms with van der Waals surface area (Å²) in [6.07, 6.45) is 57.8. The number of phosphoric ester groups is 2. The summed E-state index contributed by atoms with van der Waals surface area (Å²) >= 11 is 0. The van der Waals surface area contributed by atoms with Gasteiger partial charge in [0.25, 0.3) is 0 Å². The third-order valence-electron chi connectivity index (χ3n) is 17.1. The summed E-state index contributed by atoms with van der Waals surface area (Å²) in [5.74, 6) is -2.14. The molecular formula is C73H142O17P2. The maximum Gasteiger partial charge on any atom is 0.472 e. The van der Waals surface area contributed by atoms with Crippen molar-refractivity contribution in [1.82, 2.24) is 0 Å². The molecule has 0 aliphatic heterocycles. The van der Waals surface area contributed by atoms with Crippen molar-refractivity contribution < 1.29 is 80.2 Å². The van der Waals surface area contributed by atoms with Crippen molar-refractivity contribution in [3.05, 3.63) is 0 Å². The Kier molecular flexibility index (Phi) is 66.2. The van der Waals surface area contributed by atoms with Gasteiger partial charge in [0.15, 0.2) is 12.2 Å². The molecule has 0 rings (SSSR count). The first-order chi connectivity index (χ1) is 44.7. The third-order valence-corrected chi connectivity index (χ3v) is 19.0. The second-order valence-electron chi connectivity index (χ2n) is 26.3. The highest BCUT2D eigenvalue weighted by Gasteiger charge is 2.30. The number of carbonyl (C=O) groups excluding carboxylic acids is 4. The van der Waals surface area contributed by atoms with Crippen molar-refractivity contribution >= 4 is 39.5 Å². The molecule has 546 valence electrons. The predicted octanol–water partition coefficient (Wildman–Crippen LogP) is 21.4. The van der Waals surface area contributed by atoms with Crippen LogP contribution in [-0.2, 0) is 65.4 Å². The second kappa shape index (κ2) is 67.6. The lowest BCUT2D eigenvalue weighted by Gasteiger charge is -2.21. The summed E-state index contributed by atoms with van der Waals surface area (Å²) in [5.41, 5.74) is 0. The van der Waals surface area contributed by atoms with Gasteiger partial charge in [-0.25, -0.2) is 9.13 Å². The molecule has 0 aromatic heterocycles. The number of esters is 4. The summed E-state index contributed by atoms with van der Waals surface area (Å²) in [7, 11) is -9.88. The molecule has 0 aliphatic carbocycles. The Balaban J connectivity index is 5.05. The van der Waals surface area contributed by atoms with Crippen LogP contribution >= 0.6 is 15.6 Å². The Morgan fingerprint density at radius 2 is 0.435 bits per heavy atom. The zero-order valence-corrected chi connectivity index (χ0v) is 61.3. The molecule has 5 atom stereocenters. The van der Waals surface area contributed by atoms with E-state index in [1.807, 2.05) is 0 Å². The number of aliphatic hydroxyl groups excluding tert-OH is 1. The molecule has 19 heteroatoms. The van der Waals surface area contributed by atoms with Gasteiger partial charge in [0.2, 0.25) is 0 Å². The predicted molar refractivity (Wildman–Crippen MR) is 372 cm³/mol. The van der Waals surface area contributed by atoms with Crippen molar-refractivity contribution in [2.75, 3.05) is 39.6 Å². The van der Waals surface area contributed by atoms with Crippen molar-refractivity contribution in [3.63, 3.8) is 0 Å². The highest BCUT2D eigenvalue weighted by atomic mass is 31.2. The molecular weight excluding hydrogens is 1210 g/mol. The largest absolute Gasteiger partial charge is 0.472 e. The smallest absolute Gasteiger partial charge is 0.462 e.